The van der Waals surface area contributed by atoms with Gasteiger partial charge in [0.2, 0.25) is 0 Å². The topological polar surface area (TPSA) is 45.7 Å². The lowest BCUT2D eigenvalue weighted by Gasteiger charge is -2.32. The summed E-state index contributed by atoms with van der Waals surface area (Å²) in [6.45, 7) is 6.07. The maximum Gasteiger partial charge on any atom is 0.163 e. The molecule has 6 nitrogen and oxygen atoms in total. The molecule has 0 saturated carbocycles. The van der Waals surface area contributed by atoms with Gasteiger partial charge in [-0.2, -0.15) is 0 Å². The van der Waals surface area contributed by atoms with Crippen LogP contribution in [0.5, 0.6) is 11.5 Å². The Morgan fingerprint density at radius 2 is 1.89 bits per heavy atom. The standard InChI is InChI=1S/C21H28N4O2/c1-23-7-9-25(10-8-23)11-12-27-21-14-19-16(13-20(21)26-3)17(15-24(19)2)18-5-4-6-22-18/h4-6,13-15,22H,7-12H2,1-3H3. The number of H-pyrrole nitrogens is 1. The zero-order valence-electron chi connectivity index (χ0n) is 16.4. The summed E-state index contributed by atoms with van der Waals surface area (Å²) >= 11 is 0. The lowest BCUT2D eigenvalue weighted by atomic mass is 10.1. The molecule has 0 amide bonds. The normalized spacial score (nSPS) is 16.1. The second-order valence-electron chi connectivity index (χ2n) is 7.25. The number of piperazine rings is 1. The Labute approximate surface area is 160 Å². The third-order valence-corrected chi connectivity index (χ3v) is 5.42. The van der Waals surface area contributed by atoms with Crippen molar-refractivity contribution >= 4 is 10.9 Å². The Balaban J connectivity index is 1.53. The summed E-state index contributed by atoms with van der Waals surface area (Å²) in [5, 5.41) is 1.16. The van der Waals surface area contributed by atoms with Crippen LogP contribution in [0.1, 0.15) is 0 Å². The smallest absolute Gasteiger partial charge is 0.163 e. The summed E-state index contributed by atoms with van der Waals surface area (Å²) in [4.78, 5) is 8.11. The number of ether oxygens (including phenoxy) is 2. The molecule has 0 unspecified atom stereocenters. The molecule has 4 rings (SSSR count). The first-order valence-corrected chi connectivity index (χ1v) is 9.50. The number of fused-ring (bicyclic) bond motifs is 1. The van der Waals surface area contributed by atoms with Gasteiger partial charge in [-0.15, -0.1) is 0 Å². The van der Waals surface area contributed by atoms with Crippen LogP contribution in [-0.4, -0.2) is 72.8 Å². The SMILES string of the molecule is COc1cc2c(-c3ccc[nH]3)cn(C)c2cc1OCCN1CCN(C)CC1. The van der Waals surface area contributed by atoms with Crippen LogP contribution in [0.15, 0.2) is 36.7 Å². The van der Waals surface area contributed by atoms with Crippen LogP contribution < -0.4 is 9.47 Å². The van der Waals surface area contributed by atoms with Crippen LogP contribution in [-0.2, 0) is 7.05 Å². The van der Waals surface area contributed by atoms with E-state index >= 15 is 0 Å². The Morgan fingerprint density at radius 3 is 2.59 bits per heavy atom. The molecule has 0 aliphatic carbocycles. The van der Waals surface area contributed by atoms with Crippen LogP contribution in [0.3, 0.4) is 0 Å². The van der Waals surface area contributed by atoms with E-state index in [-0.39, 0.29) is 0 Å². The molecule has 1 aliphatic rings. The molecular formula is C21H28N4O2. The molecule has 0 atom stereocenters. The van der Waals surface area contributed by atoms with Gasteiger partial charge in [-0.25, -0.2) is 0 Å². The van der Waals surface area contributed by atoms with Crippen LogP contribution >= 0.6 is 0 Å². The number of hydrogen-bond acceptors (Lipinski definition) is 4. The molecule has 1 N–H and O–H groups in total. The van der Waals surface area contributed by atoms with Gasteiger partial charge >= 0.3 is 0 Å². The minimum absolute atomic E-state index is 0.666. The minimum atomic E-state index is 0.666. The van der Waals surface area contributed by atoms with E-state index in [0.717, 1.165) is 60.8 Å². The summed E-state index contributed by atoms with van der Waals surface area (Å²) in [5.41, 5.74) is 3.40. The van der Waals surface area contributed by atoms with Crippen LogP contribution in [0, 0.1) is 0 Å². The van der Waals surface area contributed by atoms with E-state index in [1.807, 2.05) is 12.3 Å². The Kier molecular flexibility index (Phi) is 5.09. The molecule has 0 bridgehead atoms. The van der Waals surface area contributed by atoms with Gasteiger partial charge in [-0.05, 0) is 25.2 Å². The Morgan fingerprint density at radius 1 is 1.07 bits per heavy atom. The molecule has 0 radical (unpaired) electrons. The second-order valence-corrected chi connectivity index (χ2v) is 7.25. The van der Waals surface area contributed by atoms with Crippen molar-refractivity contribution in [3.05, 3.63) is 36.7 Å². The molecule has 3 aromatic rings. The monoisotopic (exact) mass is 368 g/mol. The number of benzene rings is 1. The van der Waals surface area contributed by atoms with E-state index in [1.54, 1.807) is 7.11 Å². The third kappa shape index (κ3) is 3.68. The van der Waals surface area contributed by atoms with Gasteiger partial charge in [0, 0.05) is 74.9 Å². The van der Waals surface area contributed by atoms with E-state index in [2.05, 4.69) is 57.8 Å². The molecule has 3 heterocycles. The number of nitrogens with zero attached hydrogens (tertiary/aromatic N) is 3. The Bertz CT molecular complexity index is 893. The van der Waals surface area contributed by atoms with Crippen molar-refractivity contribution in [1.82, 2.24) is 19.4 Å². The summed E-state index contributed by atoms with van der Waals surface area (Å²) in [7, 11) is 5.94. The van der Waals surface area contributed by atoms with Gasteiger partial charge in [0.05, 0.1) is 12.6 Å². The Hall–Kier alpha value is -2.44. The molecular weight excluding hydrogens is 340 g/mol. The molecule has 2 aromatic heterocycles. The minimum Gasteiger partial charge on any atom is -0.493 e. The summed E-state index contributed by atoms with van der Waals surface area (Å²) in [5.74, 6) is 1.58. The lowest BCUT2D eigenvalue weighted by molar-refractivity contribution is 0.133. The molecule has 6 heteroatoms. The fraction of sp³-hybridized carbons (Fsp3) is 0.429. The van der Waals surface area contributed by atoms with Crippen molar-refractivity contribution in [2.45, 2.75) is 0 Å². The highest BCUT2D eigenvalue weighted by molar-refractivity contribution is 5.97. The largest absolute Gasteiger partial charge is 0.493 e. The summed E-state index contributed by atoms with van der Waals surface area (Å²) in [6, 6.07) is 8.27. The predicted molar refractivity (Wildman–Crippen MR) is 109 cm³/mol. The van der Waals surface area contributed by atoms with Gasteiger partial charge in [0.25, 0.3) is 0 Å². The first kappa shape index (κ1) is 17.9. The highest BCUT2D eigenvalue weighted by Crippen LogP contribution is 2.37. The number of rotatable bonds is 6. The van der Waals surface area contributed by atoms with E-state index in [0.29, 0.717) is 6.61 Å². The maximum absolute atomic E-state index is 6.12. The summed E-state index contributed by atoms with van der Waals surface area (Å²) in [6.07, 6.45) is 4.09. The van der Waals surface area contributed by atoms with Crippen molar-refractivity contribution in [2.24, 2.45) is 7.05 Å². The number of likely N-dealkylation sites (N-methyl/N-ethyl adjacent to an activating group) is 1. The number of aromatic nitrogens is 2. The molecule has 144 valence electrons. The fourth-order valence-corrected chi connectivity index (χ4v) is 3.73. The molecule has 1 saturated heterocycles. The predicted octanol–water partition coefficient (Wildman–Crippen LogP) is 2.81. The molecule has 1 aromatic carbocycles. The second kappa shape index (κ2) is 7.66. The van der Waals surface area contributed by atoms with E-state index in [9.17, 15) is 0 Å². The van der Waals surface area contributed by atoms with Crippen molar-refractivity contribution in [2.75, 3.05) is 53.5 Å². The van der Waals surface area contributed by atoms with Crippen molar-refractivity contribution < 1.29 is 9.47 Å². The number of hydrogen-bond donors (Lipinski definition) is 1. The van der Waals surface area contributed by atoms with Crippen molar-refractivity contribution in [3.8, 4) is 22.8 Å². The van der Waals surface area contributed by atoms with Gasteiger partial charge < -0.3 is 23.9 Å². The third-order valence-electron chi connectivity index (χ3n) is 5.42. The fourth-order valence-electron chi connectivity index (χ4n) is 3.73. The van der Waals surface area contributed by atoms with E-state index < -0.39 is 0 Å². The number of aromatic amines is 1. The first-order chi connectivity index (χ1) is 13.2. The highest BCUT2D eigenvalue weighted by Gasteiger charge is 2.16. The van der Waals surface area contributed by atoms with E-state index in [4.69, 9.17) is 9.47 Å². The van der Waals surface area contributed by atoms with Gasteiger partial charge in [-0.3, -0.25) is 4.90 Å². The summed E-state index contributed by atoms with van der Waals surface area (Å²) < 4.78 is 13.9. The zero-order valence-corrected chi connectivity index (χ0v) is 16.4. The number of methoxy groups -OCH3 is 1. The zero-order chi connectivity index (χ0) is 18.8. The van der Waals surface area contributed by atoms with Gasteiger partial charge in [-0.1, -0.05) is 0 Å². The number of aryl methyl sites for hydroxylation is 1. The van der Waals surface area contributed by atoms with Crippen molar-refractivity contribution in [3.63, 3.8) is 0 Å². The quantitative estimate of drug-likeness (QED) is 0.727. The van der Waals surface area contributed by atoms with Crippen LogP contribution in [0.2, 0.25) is 0 Å². The average Bonchev–Trinajstić information content (AvgIpc) is 3.31. The maximum atomic E-state index is 6.12. The first-order valence-electron chi connectivity index (χ1n) is 9.50. The lowest BCUT2D eigenvalue weighted by Crippen LogP contribution is -2.45. The van der Waals surface area contributed by atoms with Crippen LogP contribution in [0.25, 0.3) is 22.2 Å². The average molecular weight is 368 g/mol. The van der Waals surface area contributed by atoms with Crippen molar-refractivity contribution in [1.29, 1.82) is 0 Å². The number of nitrogens with one attached hydrogen (secondary N) is 1. The highest BCUT2D eigenvalue weighted by atomic mass is 16.5. The van der Waals surface area contributed by atoms with Gasteiger partial charge in [0.15, 0.2) is 11.5 Å². The van der Waals surface area contributed by atoms with Crippen LogP contribution in [0.4, 0.5) is 0 Å². The van der Waals surface area contributed by atoms with E-state index in [1.165, 1.54) is 5.56 Å². The van der Waals surface area contributed by atoms with Gasteiger partial charge in [0.1, 0.15) is 6.61 Å². The molecule has 1 fully saturated rings. The molecule has 0 spiro atoms. The molecule has 27 heavy (non-hydrogen) atoms. The molecule has 1 aliphatic heterocycles.